The minimum absolute atomic E-state index is 0.454. The van der Waals surface area contributed by atoms with Gasteiger partial charge in [-0.1, -0.05) is 36.4 Å². The van der Waals surface area contributed by atoms with Crippen LogP contribution in [0.5, 0.6) is 0 Å². The van der Waals surface area contributed by atoms with Crippen LogP contribution in [0.3, 0.4) is 0 Å². The number of benzene rings is 2. The molecular weight excluding hydrogens is 224 g/mol. The number of carbonyl (C=O) groups excluding carboxylic acids is 1. The van der Waals surface area contributed by atoms with E-state index < -0.39 is 5.91 Å². The van der Waals surface area contributed by atoms with Crippen LogP contribution in [0.2, 0.25) is 0 Å². The molecule has 0 aliphatic carbocycles. The van der Waals surface area contributed by atoms with Crippen molar-refractivity contribution in [3.05, 3.63) is 66.2 Å². The molecule has 0 unspecified atom stereocenters. The topological polar surface area (TPSA) is 55.1 Å². The van der Waals surface area contributed by atoms with Crippen molar-refractivity contribution in [2.75, 3.05) is 5.32 Å². The van der Waals surface area contributed by atoms with Crippen molar-refractivity contribution in [3.63, 3.8) is 0 Å². The van der Waals surface area contributed by atoms with E-state index in [4.69, 9.17) is 5.73 Å². The molecule has 2 aromatic rings. The second-order valence-electron chi connectivity index (χ2n) is 3.81. The van der Waals surface area contributed by atoms with Crippen LogP contribution in [0.15, 0.2) is 60.7 Å². The number of primary amides is 1. The predicted molar refractivity (Wildman–Crippen MR) is 74.4 cm³/mol. The second kappa shape index (κ2) is 5.68. The zero-order valence-corrected chi connectivity index (χ0v) is 9.84. The average Bonchev–Trinajstić information content (AvgIpc) is 2.39. The summed E-state index contributed by atoms with van der Waals surface area (Å²) in [4.78, 5) is 10.8. The van der Waals surface area contributed by atoms with Gasteiger partial charge in [0.25, 0.3) is 0 Å². The zero-order valence-electron chi connectivity index (χ0n) is 9.84. The highest BCUT2D eigenvalue weighted by Gasteiger charge is 1.99. The minimum Gasteiger partial charge on any atom is -0.366 e. The molecule has 0 saturated carbocycles. The fourth-order valence-electron chi connectivity index (χ4n) is 1.61. The van der Waals surface area contributed by atoms with E-state index in [1.54, 1.807) is 6.08 Å². The van der Waals surface area contributed by atoms with Crippen molar-refractivity contribution in [3.8, 4) is 0 Å². The van der Waals surface area contributed by atoms with Crippen LogP contribution in [-0.4, -0.2) is 5.91 Å². The van der Waals surface area contributed by atoms with Gasteiger partial charge in [0.1, 0.15) is 0 Å². The molecule has 3 nitrogen and oxygen atoms in total. The van der Waals surface area contributed by atoms with Crippen molar-refractivity contribution < 1.29 is 4.79 Å². The van der Waals surface area contributed by atoms with E-state index in [9.17, 15) is 4.79 Å². The molecule has 90 valence electrons. The minimum atomic E-state index is -0.454. The summed E-state index contributed by atoms with van der Waals surface area (Å²) in [5.74, 6) is -0.454. The first-order chi connectivity index (χ1) is 8.75. The largest absolute Gasteiger partial charge is 0.366 e. The Labute approximate surface area is 106 Å². The molecule has 0 bridgehead atoms. The standard InChI is InChI=1S/C15H14N2O/c16-15(18)11-10-12-6-4-5-9-14(12)17-13-7-2-1-3-8-13/h1-11,17H,(H2,16,18). The molecule has 0 aliphatic heterocycles. The van der Waals surface area contributed by atoms with Gasteiger partial charge in [-0.25, -0.2) is 0 Å². The van der Waals surface area contributed by atoms with Gasteiger partial charge in [-0.15, -0.1) is 0 Å². The third kappa shape index (κ3) is 3.22. The molecule has 3 N–H and O–H groups in total. The summed E-state index contributed by atoms with van der Waals surface area (Å²) in [6.07, 6.45) is 3.05. The Hall–Kier alpha value is -2.55. The van der Waals surface area contributed by atoms with Crippen molar-refractivity contribution in [1.82, 2.24) is 0 Å². The molecule has 3 heteroatoms. The Morgan fingerprint density at radius 3 is 2.39 bits per heavy atom. The quantitative estimate of drug-likeness (QED) is 0.805. The fraction of sp³-hybridized carbons (Fsp3) is 0. The van der Waals surface area contributed by atoms with Crippen LogP contribution in [0, 0.1) is 0 Å². The molecule has 0 fully saturated rings. The van der Waals surface area contributed by atoms with Crippen molar-refractivity contribution in [2.24, 2.45) is 5.73 Å². The van der Waals surface area contributed by atoms with Crippen LogP contribution in [-0.2, 0) is 4.79 Å². The van der Waals surface area contributed by atoms with Gasteiger partial charge in [0.15, 0.2) is 0 Å². The van der Waals surface area contributed by atoms with E-state index in [0.29, 0.717) is 0 Å². The lowest BCUT2D eigenvalue weighted by molar-refractivity contribution is -0.113. The third-order valence-corrected chi connectivity index (χ3v) is 2.44. The summed E-state index contributed by atoms with van der Waals surface area (Å²) in [7, 11) is 0. The summed E-state index contributed by atoms with van der Waals surface area (Å²) in [5.41, 5.74) is 7.94. The zero-order chi connectivity index (χ0) is 12.8. The lowest BCUT2D eigenvalue weighted by atomic mass is 10.1. The molecular formula is C15H14N2O. The van der Waals surface area contributed by atoms with Crippen molar-refractivity contribution >= 4 is 23.4 Å². The fourth-order valence-corrected chi connectivity index (χ4v) is 1.61. The number of carbonyl (C=O) groups is 1. The number of amides is 1. The molecule has 0 saturated heterocycles. The van der Waals surface area contributed by atoms with Gasteiger partial charge in [-0.2, -0.15) is 0 Å². The number of hydrogen-bond donors (Lipinski definition) is 2. The SMILES string of the molecule is NC(=O)C=Cc1ccccc1Nc1ccccc1. The molecule has 0 aromatic heterocycles. The molecule has 18 heavy (non-hydrogen) atoms. The first kappa shape index (κ1) is 11.9. The molecule has 0 aliphatic rings. The number of nitrogens with one attached hydrogen (secondary N) is 1. The first-order valence-electron chi connectivity index (χ1n) is 5.64. The highest BCUT2D eigenvalue weighted by molar-refractivity contribution is 5.91. The first-order valence-corrected chi connectivity index (χ1v) is 5.64. The van der Waals surface area contributed by atoms with Gasteiger partial charge in [-0.3, -0.25) is 4.79 Å². The van der Waals surface area contributed by atoms with Gasteiger partial charge in [0.05, 0.1) is 0 Å². The van der Waals surface area contributed by atoms with Crippen LogP contribution in [0.1, 0.15) is 5.56 Å². The van der Waals surface area contributed by atoms with Gasteiger partial charge in [-0.05, 0) is 29.8 Å². The van der Waals surface area contributed by atoms with E-state index in [1.165, 1.54) is 6.08 Å². The molecule has 0 radical (unpaired) electrons. The number of anilines is 2. The van der Waals surface area contributed by atoms with Crippen molar-refractivity contribution in [2.45, 2.75) is 0 Å². The Morgan fingerprint density at radius 2 is 1.67 bits per heavy atom. The molecule has 2 rings (SSSR count). The highest BCUT2D eigenvalue weighted by atomic mass is 16.1. The molecule has 0 atom stereocenters. The maximum absolute atomic E-state index is 10.8. The summed E-state index contributed by atoms with van der Waals surface area (Å²) in [5, 5.41) is 3.29. The Kier molecular flexibility index (Phi) is 3.76. The Bertz CT molecular complexity index is 562. The predicted octanol–water partition coefficient (Wildman–Crippen LogP) is 2.93. The van der Waals surface area contributed by atoms with Crippen LogP contribution in [0.25, 0.3) is 6.08 Å². The molecule has 2 aromatic carbocycles. The summed E-state index contributed by atoms with van der Waals surface area (Å²) in [6.45, 7) is 0. The smallest absolute Gasteiger partial charge is 0.241 e. The maximum Gasteiger partial charge on any atom is 0.241 e. The van der Waals surface area contributed by atoms with Gasteiger partial charge < -0.3 is 11.1 Å². The summed E-state index contributed by atoms with van der Waals surface area (Å²) < 4.78 is 0. The maximum atomic E-state index is 10.8. The highest BCUT2D eigenvalue weighted by Crippen LogP contribution is 2.21. The lowest BCUT2D eigenvalue weighted by Crippen LogP contribution is -2.05. The molecule has 0 spiro atoms. The van der Waals surface area contributed by atoms with Gasteiger partial charge >= 0.3 is 0 Å². The average molecular weight is 238 g/mol. The third-order valence-electron chi connectivity index (χ3n) is 2.44. The molecule has 1 amide bonds. The number of nitrogens with two attached hydrogens (primary N) is 1. The Balaban J connectivity index is 2.25. The van der Waals surface area contributed by atoms with E-state index in [0.717, 1.165) is 16.9 Å². The van der Waals surface area contributed by atoms with Crippen LogP contribution in [0.4, 0.5) is 11.4 Å². The number of hydrogen-bond acceptors (Lipinski definition) is 2. The van der Waals surface area contributed by atoms with Crippen LogP contribution < -0.4 is 11.1 Å². The monoisotopic (exact) mass is 238 g/mol. The number of rotatable bonds is 4. The van der Waals surface area contributed by atoms with E-state index in [2.05, 4.69) is 5.32 Å². The summed E-state index contributed by atoms with van der Waals surface area (Å²) >= 11 is 0. The summed E-state index contributed by atoms with van der Waals surface area (Å²) in [6, 6.07) is 17.6. The van der Waals surface area contributed by atoms with Gasteiger partial charge in [0.2, 0.25) is 5.91 Å². The van der Waals surface area contributed by atoms with E-state index in [-0.39, 0.29) is 0 Å². The lowest BCUT2D eigenvalue weighted by Gasteiger charge is -2.09. The van der Waals surface area contributed by atoms with E-state index >= 15 is 0 Å². The molecule has 0 heterocycles. The van der Waals surface area contributed by atoms with Gasteiger partial charge in [0, 0.05) is 17.5 Å². The van der Waals surface area contributed by atoms with E-state index in [1.807, 2.05) is 54.6 Å². The number of para-hydroxylation sites is 2. The Morgan fingerprint density at radius 1 is 1.00 bits per heavy atom. The second-order valence-corrected chi connectivity index (χ2v) is 3.81. The normalized spacial score (nSPS) is 10.4. The van der Waals surface area contributed by atoms with Crippen LogP contribution >= 0.6 is 0 Å². The van der Waals surface area contributed by atoms with Crippen molar-refractivity contribution in [1.29, 1.82) is 0 Å².